The maximum Gasteiger partial charge on any atom is 0.305 e. The van der Waals surface area contributed by atoms with Crippen molar-refractivity contribution in [2.24, 2.45) is 0 Å². The lowest BCUT2D eigenvalue weighted by Gasteiger charge is -2.19. The molecule has 3 heteroatoms. The molecule has 0 aromatic heterocycles. The number of benzene rings is 1. The number of ether oxygens (including phenoxy) is 2. The van der Waals surface area contributed by atoms with Crippen LogP contribution in [0.15, 0.2) is 24.3 Å². The first kappa shape index (κ1) is 15.5. The molecule has 0 fully saturated rings. The molecular weight excluding hydrogens is 240 g/mol. The van der Waals surface area contributed by atoms with Crippen LogP contribution in [-0.4, -0.2) is 18.7 Å². The Balaban J connectivity index is 2.48. The van der Waals surface area contributed by atoms with Crippen molar-refractivity contribution in [2.75, 3.05) is 6.61 Å². The van der Waals surface area contributed by atoms with Crippen molar-refractivity contribution in [3.05, 3.63) is 29.8 Å². The third kappa shape index (κ3) is 5.33. The standard InChI is InChI=1S/C16H24O3/c1-6-15(17)19-12(2)11-18-14-9-7-13(8-10-14)16(3,4)5/h7-10,12H,6,11H2,1-5H3/t12-/m1/s1. The highest BCUT2D eigenvalue weighted by Crippen LogP contribution is 2.24. The van der Waals surface area contributed by atoms with Crippen LogP contribution >= 0.6 is 0 Å². The van der Waals surface area contributed by atoms with Gasteiger partial charge in [-0.3, -0.25) is 4.79 Å². The molecule has 0 saturated heterocycles. The summed E-state index contributed by atoms with van der Waals surface area (Å²) >= 11 is 0. The Morgan fingerprint density at radius 1 is 1.21 bits per heavy atom. The molecule has 1 aromatic carbocycles. The number of carbonyl (C=O) groups is 1. The maximum atomic E-state index is 11.1. The van der Waals surface area contributed by atoms with E-state index in [2.05, 4.69) is 32.9 Å². The van der Waals surface area contributed by atoms with E-state index in [1.54, 1.807) is 6.92 Å². The lowest BCUT2D eigenvalue weighted by Crippen LogP contribution is -2.21. The lowest BCUT2D eigenvalue weighted by molar-refractivity contribution is -0.149. The quantitative estimate of drug-likeness (QED) is 0.761. The van der Waals surface area contributed by atoms with Crippen LogP contribution in [0.3, 0.4) is 0 Å². The highest BCUT2D eigenvalue weighted by molar-refractivity contribution is 5.69. The molecule has 3 nitrogen and oxygen atoms in total. The molecule has 106 valence electrons. The zero-order valence-electron chi connectivity index (χ0n) is 12.5. The molecule has 0 unspecified atom stereocenters. The molecule has 19 heavy (non-hydrogen) atoms. The van der Waals surface area contributed by atoms with E-state index in [0.717, 1.165) is 5.75 Å². The molecule has 0 aliphatic rings. The Morgan fingerprint density at radius 2 is 1.79 bits per heavy atom. The minimum absolute atomic E-state index is 0.141. The second-order valence-corrected chi connectivity index (χ2v) is 5.74. The van der Waals surface area contributed by atoms with Crippen LogP contribution in [0.1, 0.15) is 46.6 Å². The van der Waals surface area contributed by atoms with Crippen LogP contribution in [-0.2, 0) is 14.9 Å². The first-order chi connectivity index (χ1) is 8.82. The van der Waals surface area contributed by atoms with Crippen molar-refractivity contribution < 1.29 is 14.3 Å². The Hall–Kier alpha value is -1.51. The fourth-order valence-electron chi connectivity index (χ4n) is 1.61. The monoisotopic (exact) mass is 264 g/mol. The van der Waals surface area contributed by atoms with Crippen molar-refractivity contribution in [1.82, 2.24) is 0 Å². The lowest BCUT2D eigenvalue weighted by atomic mass is 9.87. The number of hydrogen-bond donors (Lipinski definition) is 0. The minimum Gasteiger partial charge on any atom is -0.490 e. The fraction of sp³-hybridized carbons (Fsp3) is 0.562. The van der Waals surface area contributed by atoms with Crippen LogP contribution in [0, 0.1) is 0 Å². The van der Waals surface area contributed by atoms with Gasteiger partial charge in [-0.1, -0.05) is 39.8 Å². The normalized spacial score (nSPS) is 12.9. The van der Waals surface area contributed by atoms with E-state index in [1.165, 1.54) is 5.56 Å². The summed E-state index contributed by atoms with van der Waals surface area (Å²) in [4.78, 5) is 11.1. The van der Waals surface area contributed by atoms with Crippen molar-refractivity contribution in [3.63, 3.8) is 0 Å². The first-order valence-electron chi connectivity index (χ1n) is 6.75. The summed E-state index contributed by atoms with van der Waals surface area (Å²) in [5.74, 6) is 0.603. The zero-order chi connectivity index (χ0) is 14.5. The smallest absolute Gasteiger partial charge is 0.305 e. The second-order valence-electron chi connectivity index (χ2n) is 5.74. The van der Waals surface area contributed by atoms with Gasteiger partial charge < -0.3 is 9.47 Å². The van der Waals surface area contributed by atoms with Crippen LogP contribution in [0.2, 0.25) is 0 Å². The predicted octanol–water partition coefficient (Wildman–Crippen LogP) is 3.70. The molecule has 0 amide bonds. The average Bonchev–Trinajstić information content (AvgIpc) is 2.35. The summed E-state index contributed by atoms with van der Waals surface area (Å²) in [5.41, 5.74) is 1.41. The van der Waals surface area contributed by atoms with Crippen molar-refractivity contribution >= 4 is 5.97 Å². The van der Waals surface area contributed by atoms with Gasteiger partial charge in [0.1, 0.15) is 18.5 Å². The second kappa shape index (κ2) is 6.60. The van der Waals surface area contributed by atoms with E-state index >= 15 is 0 Å². The van der Waals surface area contributed by atoms with E-state index in [9.17, 15) is 4.79 Å². The molecule has 1 atom stereocenters. The highest BCUT2D eigenvalue weighted by Gasteiger charge is 2.13. The van der Waals surface area contributed by atoms with Crippen molar-refractivity contribution in [1.29, 1.82) is 0 Å². The summed E-state index contributed by atoms with van der Waals surface area (Å²) in [6.07, 6.45) is 0.166. The van der Waals surface area contributed by atoms with Gasteiger partial charge in [-0.25, -0.2) is 0 Å². The summed E-state index contributed by atoms with van der Waals surface area (Å²) in [6.45, 7) is 10.5. The third-order valence-electron chi connectivity index (χ3n) is 2.83. The van der Waals surface area contributed by atoms with E-state index in [0.29, 0.717) is 13.0 Å². The maximum absolute atomic E-state index is 11.1. The molecule has 0 saturated carbocycles. The molecule has 0 heterocycles. The Morgan fingerprint density at radius 3 is 2.26 bits per heavy atom. The summed E-state index contributed by atoms with van der Waals surface area (Å²) < 4.78 is 10.7. The number of rotatable bonds is 5. The van der Waals surface area contributed by atoms with Gasteiger partial charge in [-0.2, -0.15) is 0 Å². The molecule has 1 aromatic rings. The summed E-state index contributed by atoms with van der Waals surface area (Å²) in [6, 6.07) is 8.04. The SMILES string of the molecule is CCC(=O)O[C@H](C)COc1ccc(C(C)(C)C)cc1. The molecule has 0 aliphatic heterocycles. The zero-order valence-corrected chi connectivity index (χ0v) is 12.5. The van der Waals surface area contributed by atoms with E-state index in [1.807, 2.05) is 19.1 Å². The molecule has 0 radical (unpaired) electrons. The van der Waals surface area contributed by atoms with Crippen molar-refractivity contribution in [2.45, 2.75) is 52.6 Å². The van der Waals surface area contributed by atoms with Crippen LogP contribution < -0.4 is 4.74 Å². The summed E-state index contributed by atoms with van der Waals surface area (Å²) in [7, 11) is 0. The van der Waals surface area contributed by atoms with Crippen LogP contribution in [0.4, 0.5) is 0 Å². The van der Waals surface area contributed by atoms with Crippen molar-refractivity contribution in [3.8, 4) is 5.75 Å². The molecule has 0 aliphatic carbocycles. The highest BCUT2D eigenvalue weighted by atomic mass is 16.6. The minimum atomic E-state index is -0.227. The Bertz CT molecular complexity index is 401. The molecule has 0 N–H and O–H groups in total. The largest absolute Gasteiger partial charge is 0.490 e. The fourth-order valence-corrected chi connectivity index (χ4v) is 1.61. The van der Waals surface area contributed by atoms with Crippen LogP contribution in [0.5, 0.6) is 5.75 Å². The van der Waals surface area contributed by atoms with Gasteiger partial charge in [-0.05, 0) is 30.0 Å². The Kier molecular flexibility index (Phi) is 5.40. The third-order valence-corrected chi connectivity index (χ3v) is 2.83. The Labute approximate surface area is 115 Å². The predicted molar refractivity (Wildman–Crippen MR) is 76.5 cm³/mol. The first-order valence-corrected chi connectivity index (χ1v) is 6.75. The molecule has 1 rings (SSSR count). The van der Waals surface area contributed by atoms with Gasteiger partial charge in [-0.15, -0.1) is 0 Å². The molecular formula is C16H24O3. The summed E-state index contributed by atoms with van der Waals surface area (Å²) in [5, 5.41) is 0. The van der Waals surface area contributed by atoms with Gasteiger partial charge in [0.25, 0.3) is 0 Å². The van der Waals surface area contributed by atoms with E-state index in [4.69, 9.17) is 9.47 Å². The number of hydrogen-bond acceptors (Lipinski definition) is 3. The van der Waals surface area contributed by atoms with Gasteiger partial charge in [0.15, 0.2) is 0 Å². The van der Waals surface area contributed by atoms with Crippen LogP contribution in [0.25, 0.3) is 0 Å². The van der Waals surface area contributed by atoms with Gasteiger partial charge in [0, 0.05) is 6.42 Å². The van der Waals surface area contributed by atoms with Gasteiger partial charge in [0.05, 0.1) is 0 Å². The van der Waals surface area contributed by atoms with Gasteiger partial charge >= 0.3 is 5.97 Å². The number of carbonyl (C=O) groups excluding carboxylic acids is 1. The van der Waals surface area contributed by atoms with E-state index in [-0.39, 0.29) is 17.5 Å². The van der Waals surface area contributed by atoms with E-state index < -0.39 is 0 Å². The average molecular weight is 264 g/mol. The molecule has 0 bridgehead atoms. The molecule has 0 spiro atoms. The topological polar surface area (TPSA) is 35.5 Å². The van der Waals surface area contributed by atoms with Gasteiger partial charge in [0.2, 0.25) is 0 Å². The number of esters is 1.